The Labute approximate surface area is 453 Å². The van der Waals surface area contributed by atoms with E-state index in [2.05, 4.69) is 27.8 Å². The first-order chi connectivity index (χ1) is 36.1. The van der Waals surface area contributed by atoms with Gasteiger partial charge in [0.2, 0.25) is 23.6 Å². The van der Waals surface area contributed by atoms with E-state index in [1.54, 1.807) is 38.1 Å². The van der Waals surface area contributed by atoms with Gasteiger partial charge in [-0.15, -0.1) is 0 Å². The fraction of sp³-hybridized carbons (Fsp3) is 0.566. The van der Waals surface area contributed by atoms with Gasteiger partial charge in [-0.2, -0.15) is 0 Å². The second kappa shape index (κ2) is 26.0. The van der Waals surface area contributed by atoms with Crippen LogP contribution in [0.4, 0.5) is 15.3 Å². The van der Waals surface area contributed by atoms with E-state index in [1.807, 2.05) is 13.0 Å². The number of esters is 1. The number of amides is 9. The number of nitrogens with two attached hydrogens (primary N) is 1. The molecule has 9 atom stereocenters. The zero-order chi connectivity index (χ0) is 57.2. The summed E-state index contributed by atoms with van der Waals surface area (Å²) in [6.45, 7) is 12.1. The van der Waals surface area contributed by atoms with E-state index < -0.39 is 113 Å². The molecule has 9 unspecified atom stereocenters. The predicted molar refractivity (Wildman–Crippen MR) is 281 cm³/mol. The summed E-state index contributed by atoms with van der Waals surface area (Å²) in [4.78, 5) is 122. The fourth-order valence-corrected chi connectivity index (χ4v) is 10.1. The molecule has 5 heterocycles. The monoisotopic (exact) mass is 1100 g/mol. The molecule has 23 nitrogen and oxygen atoms in total. The number of anilines is 1. The Hall–Kier alpha value is -6.82. The number of hydrogen-bond donors (Lipinski definition) is 6. The average molecular weight is 1100 g/mol. The summed E-state index contributed by atoms with van der Waals surface area (Å²) in [5.74, 6) is -4.08. The number of ether oxygens (including phenoxy) is 5. The van der Waals surface area contributed by atoms with E-state index in [0.29, 0.717) is 37.1 Å². The van der Waals surface area contributed by atoms with Crippen molar-refractivity contribution in [2.75, 3.05) is 46.3 Å². The van der Waals surface area contributed by atoms with Crippen molar-refractivity contribution >= 4 is 70.8 Å². The van der Waals surface area contributed by atoms with Gasteiger partial charge in [0.15, 0.2) is 5.72 Å². The first-order valence-electron chi connectivity index (χ1n) is 25.4. The van der Waals surface area contributed by atoms with E-state index in [4.69, 9.17) is 41.0 Å². The van der Waals surface area contributed by atoms with Gasteiger partial charge in [-0.1, -0.05) is 48.4 Å². The number of halogens is 1. The van der Waals surface area contributed by atoms with Crippen LogP contribution in [0.2, 0.25) is 5.02 Å². The van der Waals surface area contributed by atoms with Gasteiger partial charge in [-0.05, 0) is 90.0 Å². The Morgan fingerprint density at radius 1 is 1.04 bits per heavy atom. The number of alkyl carbamates (subject to hydrolysis) is 1. The van der Waals surface area contributed by atoms with Crippen molar-refractivity contribution in [1.29, 1.82) is 0 Å². The SMILES string of the molecule is C=C(C)C(NC(=O)CCCCCN1C(=O)C=CC1=O)C(=O)NC(CCCNC(N)=O)C(=O)N(C)C(C)C(=O)OC1CC(=O)N(C)c2cc(cc(OC)c2Cl)CC(C)=CC=CC(OC)C2(O)CC(OC(=O)N2)C2(C)CC1(C)O2. The maximum atomic E-state index is 14.5. The Balaban J connectivity index is 1.38. The molecule has 0 spiro atoms. The number of benzene rings is 1. The second-order valence-electron chi connectivity index (χ2n) is 20.4. The molecule has 422 valence electrons. The normalized spacial score (nSPS) is 25.5. The van der Waals surface area contributed by atoms with Crippen LogP contribution < -0.4 is 36.6 Å². The molecule has 5 aliphatic heterocycles. The zero-order valence-corrected chi connectivity index (χ0v) is 45.9. The molecule has 5 aliphatic rings. The number of imide groups is 1. The van der Waals surface area contributed by atoms with E-state index >= 15 is 0 Å². The van der Waals surface area contributed by atoms with Crippen LogP contribution in [-0.4, -0.2) is 163 Å². The minimum absolute atomic E-state index is 0.00162. The minimum atomic E-state index is -1.96. The van der Waals surface area contributed by atoms with Crippen molar-refractivity contribution in [3.63, 3.8) is 0 Å². The van der Waals surface area contributed by atoms with E-state index in [0.717, 1.165) is 20.9 Å². The van der Waals surface area contributed by atoms with Gasteiger partial charge in [0.1, 0.15) is 58.4 Å². The average Bonchev–Trinajstić information content (AvgIpc) is 3.72. The highest BCUT2D eigenvalue weighted by atomic mass is 35.5. The molecule has 1 aromatic carbocycles. The molecule has 6 rings (SSSR count). The lowest BCUT2D eigenvalue weighted by Gasteiger charge is -2.59. The van der Waals surface area contributed by atoms with Gasteiger partial charge in [0, 0.05) is 65.7 Å². The number of unbranched alkanes of at least 4 members (excludes halogenated alkanes) is 2. The molecule has 7 N–H and O–H groups in total. The number of allylic oxidation sites excluding steroid dienone is 3. The number of carbonyl (C=O) groups excluding carboxylic acids is 9. The third-order valence-electron chi connectivity index (χ3n) is 14.2. The van der Waals surface area contributed by atoms with Crippen LogP contribution in [0.1, 0.15) is 98.0 Å². The van der Waals surface area contributed by atoms with Crippen LogP contribution in [0, 0.1) is 0 Å². The number of likely N-dealkylation sites (N-methyl/N-ethyl adjacent to an activating group) is 1. The molecule has 2 saturated heterocycles. The number of aliphatic hydroxyl groups is 1. The number of methoxy groups -OCH3 is 2. The molecule has 2 fully saturated rings. The molecule has 9 amide bonds. The zero-order valence-electron chi connectivity index (χ0n) is 45.2. The lowest BCUT2D eigenvalue weighted by molar-refractivity contribution is -0.328. The summed E-state index contributed by atoms with van der Waals surface area (Å²) >= 11 is 6.83. The van der Waals surface area contributed by atoms with Crippen molar-refractivity contribution in [3.8, 4) is 5.75 Å². The molecule has 0 radical (unpaired) electrons. The molecule has 24 heteroatoms. The van der Waals surface area contributed by atoms with Crippen LogP contribution in [0.3, 0.4) is 0 Å². The second-order valence-corrected chi connectivity index (χ2v) is 20.8. The highest BCUT2D eigenvalue weighted by molar-refractivity contribution is 6.35. The lowest BCUT2D eigenvalue weighted by atomic mass is 9.72. The summed E-state index contributed by atoms with van der Waals surface area (Å²) in [6.07, 6.45) is 4.23. The minimum Gasteiger partial charge on any atom is -0.495 e. The number of fused-ring (bicyclic) bond motifs is 6. The molecule has 0 saturated carbocycles. The van der Waals surface area contributed by atoms with Crippen molar-refractivity contribution < 1.29 is 71.9 Å². The standard InChI is InChI=1S/C53H73ClN8O15/c1-30(2)45(58-40(63)19-12-11-13-23-62-41(64)20-21-42(62)65)46(67)57-34(17-15-22-56-49(55)70)47(68)60(7)32(4)48(69)75-38-27-43(66)61(8)35-25-33(26-36(73-9)44(35)54)24-31(3)16-14-18-37(74-10)53(72)28-39(76-50(71)59-53)52(6)29-51(38,5)77-52/h14,16,18,20-21,25-26,32,34,37-39,45,72H,1,11-13,15,17,19,22-24,27-29H2,2-10H3,(H,57,67)(H,58,63)(H,59,71)(H3,55,56,70). The number of primary amides is 1. The number of rotatable bonds is 20. The van der Waals surface area contributed by atoms with Gasteiger partial charge >= 0.3 is 18.1 Å². The van der Waals surface area contributed by atoms with Gasteiger partial charge in [0.25, 0.3) is 11.8 Å². The largest absolute Gasteiger partial charge is 0.495 e. The van der Waals surface area contributed by atoms with Gasteiger partial charge in [-0.3, -0.25) is 39.0 Å². The smallest absolute Gasteiger partial charge is 0.409 e. The molecule has 77 heavy (non-hydrogen) atoms. The van der Waals surface area contributed by atoms with Crippen LogP contribution in [0.5, 0.6) is 5.75 Å². The first kappa shape index (κ1) is 61.0. The molecule has 0 aromatic heterocycles. The van der Waals surface area contributed by atoms with Crippen LogP contribution in [-0.2, 0) is 58.9 Å². The summed E-state index contributed by atoms with van der Waals surface area (Å²) in [7, 11) is 5.65. The number of nitrogens with one attached hydrogen (secondary N) is 4. The Morgan fingerprint density at radius 2 is 1.71 bits per heavy atom. The summed E-state index contributed by atoms with van der Waals surface area (Å²) in [6, 6.07) is -1.33. The van der Waals surface area contributed by atoms with Crippen molar-refractivity contribution in [3.05, 3.63) is 70.8 Å². The highest BCUT2D eigenvalue weighted by Gasteiger charge is 2.63. The molecular formula is C53H73ClN8O15. The van der Waals surface area contributed by atoms with Crippen molar-refractivity contribution in [2.45, 2.75) is 152 Å². The van der Waals surface area contributed by atoms with Crippen molar-refractivity contribution in [2.24, 2.45) is 5.73 Å². The lowest BCUT2D eigenvalue weighted by Crippen LogP contribution is -2.72. The topological polar surface area (TPSA) is 304 Å². The maximum absolute atomic E-state index is 14.5. The highest BCUT2D eigenvalue weighted by Crippen LogP contribution is 2.50. The summed E-state index contributed by atoms with van der Waals surface area (Å²) in [5.41, 5.74) is 2.69. The Kier molecular flexibility index (Phi) is 20.6. The Bertz CT molecular complexity index is 2540. The van der Waals surface area contributed by atoms with E-state index in [9.17, 15) is 48.3 Å². The van der Waals surface area contributed by atoms with Gasteiger partial charge < -0.3 is 60.3 Å². The number of hydrogen-bond acceptors (Lipinski definition) is 15. The Morgan fingerprint density at radius 3 is 2.34 bits per heavy atom. The predicted octanol–water partition coefficient (Wildman–Crippen LogP) is 3.14. The summed E-state index contributed by atoms with van der Waals surface area (Å²) < 4.78 is 29.8. The number of nitrogens with zero attached hydrogens (tertiary/aromatic N) is 3. The van der Waals surface area contributed by atoms with E-state index in [1.165, 1.54) is 59.2 Å². The molecule has 0 aliphatic carbocycles. The molecular weight excluding hydrogens is 1020 g/mol. The fourth-order valence-electron chi connectivity index (χ4n) is 9.79. The third-order valence-corrected chi connectivity index (χ3v) is 14.6. The third kappa shape index (κ3) is 15.2. The van der Waals surface area contributed by atoms with Crippen LogP contribution in [0.15, 0.2) is 60.2 Å². The van der Waals surface area contributed by atoms with E-state index in [-0.39, 0.29) is 55.8 Å². The maximum Gasteiger partial charge on any atom is 0.409 e. The molecule has 6 bridgehead atoms. The first-order valence-corrected chi connectivity index (χ1v) is 25.7. The molecule has 1 aromatic rings. The van der Waals surface area contributed by atoms with Gasteiger partial charge in [-0.25, -0.2) is 14.4 Å². The number of urea groups is 1. The summed E-state index contributed by atoms with van der Waals surface area (Å²) in [5, 5.41) is 22.3. The van der Waals surface area contributed by atoms with Crippen LogP contribution >= 0.6 is 11.6 Å². The quantitative estimate of drug-likeness (QED) is 0.0473. The van der Waals surface area contributed by atoms with Crippen molar-refractivity contribution in [1.82, 2.24) is 31.1 Å². The van der Waals surface area contributed by atoms with Crippen LogP contribution in [0.25, 0.3) is 0 Å². The number of carbonyl (C=O) groups is 9. The van der Waals surface area contributed by atoms with Gasteiger partial charge in [0.05, 0.1) is 19.2 Å².